The van der Waals surface area contributed by atoms with E-state index in [0.29, 0.717) is 15.3 Å². The molecule has 0 saturated heterocycles. The van der Waals surface area contributed by atoms with E-state index in [4.69, 9.17) is 23.2 Å². The maximum absolute atomic E-state index is 12.7. The van der Waals surface area contributed by atoms with Gasteiger partial charge in [-0.25, -0.2) is 4.98 Å². The molecule has 0 spiro atoms. The van der Waals surface area contributed by atoms with Gasteiger partial charge in [-0.2, -0.15) is 4.52 Å². The van der Waals surface area contributed by atoms with Crippen molar-refractivity contribution in [3.63, 3.8) is 0 Å². The molecule has 0 unspecified atom stereocenters. The van der Waals surface area contributed by atoms with E-state index >= 15 is 0 Å². The molecular weight excluding hydrogens is 389 g/mol. The minimum absolute atomic E-state index is 0.0219. The molecule has 3 aromatic rings. The maximum Gasteiger partial charge on any atom is 0.291 e. The fraction of sp³-hybridized carbons (Fsp3) is 0.316. The van der Waals surface area contributed by atoms with Gasteiger partial charge in [0, 0.05) is 5.92 Å². The summed E-state index contributed by atoms with van der Waals surface area (Å²) in [5.74, 6) is 0.973. The lowest BCUT2D eigenvalue weighted by Crippen LogP contribution is -2.23. The van der Waals surface area contributed by atoms with Crippen molar-refractivity contribution in [1.29, 1.82) is 0 Å². The zero-order chi connectivity index (χ0) is 18.6. The van der Waals surface area contributed by atoms with Gasteiger partial charge in [0.2, 0.25) is 4.96 Å². The zero-order valence-corrected chi connectivity index (χ0v) is 16.9. The van der Waals surface area contributed by atoms with Crippen LogP contribution in [0.2, 0.25) is 0 Å². The molecule has 1 aliphatic rings. The minimum Gasteiger partial charge on any atom is -0.266 e. The van der Waals surface area contributed by atoms with Crippen molar-refractivity contribution < 1.29 is 0 Å². The molecule has 2 heterocycles. The van der Waals surface area contributed by atoms with E-state index in [0.717, 1.165) is 5.56 Å². The van der Waals surface area contributed by atoms with E-state index in [1.165, 1.54) is 21.4 Å². The van der Waals surface area contributed by atoms with Gasteiger partial charge in [-0.3, -0.25) is 4.79 Å². The van der Waals surface area contributed by atoms with Crippen molar-refractivity contribution in [3.05, 3.63) is 66.7 Å². The molecule has 2 atom stereocenters. The second kappa shape index (κ2) is 6.19. The number of nitrogens with zero attached hydrogens (tertiary/aromatic N) is 3. The van der Waals surface area contributed by atoms with E-state index in [-0.39, 0.29) is 27.3 Å². The van der Waals surface area contributed by atoms with Crippen molar-refractivity contribution in [2.24, 2.45) is 11.3 Å². The van der Waals surface area contributed by atoms with E-state index in [1.54, 1.807) is 0 Å². The highest BCUT2D eigenvalue weighted by Crippen LogP contribution is 2.64. The molecule has 1 aliphatic carbocycles. The van der Waals surface area contributed by atoms with Crippen molar-refractivity contribution in [3.8, 4) is 0 Å². The maximum atomic E-state index is 12.7. The first-order chi connectivity index (χ1) is 12.3. The van der Waals surface area contributed by atoms with Gasteiger partial charge in [-0.05, 0) is 36.0 Å². The summed E-state index contributed by atoms with van der Waals surface area (Å²) in [4.78, 5) is 17.9. The van der Waals surface area contributed by atoms with Gasteiger partial charge in [0.15, 0.2) is 5.82 Å². The van der Waals surface area contributed by atoms with Gasteiger partial charge >= 0.3 is 0 Å². The molecule has 0 bridgehead atoms. The smallest absolute Gasteiger partial charge is 0.266 e. The van der Waals surface area contributed by atoms with Crippen LogP contribution in [0.4, 0.5) is 0 Å². The van der Waals surface area contributed by atoms with Crippen LogP contribution in [0.25, 0.3) is 11.0 Å². The first-order valence-corrected chi connectivity index (χ1v) is 9.85. The number of fused-ring (bicyclic) bond motifs is 1. The van der Waals surface area contributed by atoms with Gasteiger partial charge < -0.3 is 0 Å². The summed E-state index contributed by atoms with van der Waals surface area (Å²) in [5, 5.41) is 4.47. The monoisotopic (exact) mass is 405 g/mol. The van der Waals surface area contributed by atoms with Crippen LogP contribution in [-0.4, -0.2) is 14.6 Å². The number of aromatic nitrogens is 3. The van der Waals surface area contributed by atoms with Crippen LogP contribution in [0.15, 0.2) is 39.6 Å². The number of thiazole rings is 1. The Labute approximate surface area is 164 Å². The molecule has 7 heteroatoms. The molecule has 1 saturated carbocycles. The summed E-state index contributed by atoms with van der Waals surface area (Å²) in [6.07, 6.45) is 3.71. The Balaban J connectivity index is 1.72. The molecule has 26 heavy (non-hydrogen) atoms. The number of benzene rings is 1. The lowest BCUT2D eigenvalue weighted by Gasteiger charge is -1.97. The Bertz CT molecular complexity index is 1120. The normalized spacial score (nSPS) is 22.0. The van der Waals surface area contributed by atoms with Gasteiger partial charge in [0.1, 0.15) is 4.49 Å². The van der Waals surface area contributed by atoms with Gasteiger partial charge in [0.25, 0.3) is 5.56 Å². The molecule has 4 rings (SSSR count). The molecule has 4 nitrogen and oxygen atoms in total. The summed E-state index contributed by atoms with van der Waals surface area (Å²) in [6.45, 7) is 6.28. The molecule has 0 radical (unpaired) electrons. The van der Waals surface area contributed by atoms with E-state index < -0.39 is 0 Å². The van der Waals surface area contributed by atoms with Crippen LogP contribution in [0.5, 0.6) is 0 Å². The summed E-state index contributed by atoms with van der Waals surface area (Å²) in [5.41, 5.74) is 2.02. The third-order valence-electron chi connectivity index (χ3n) is 5.07. The van der Waals surface area contributed by atoms with Crippen molar-refractivity contribution in [2.75, 3.05) is 0 Å². The van der Waals surface area contributed by atoms with Crippen LogP contribution in [0.1, 0.15) is 36.7 Å². The Morgan fingerprint density at radius 3 is 2.58 bits per heavy atom. The first-order valence-electron chi connectivity index (χ1n) is 8.28. The van der Waals surface area contributed by atoms with E-state index in [9.17, 15) is 4.79 Å². The summed E-state index contributed by atoms with van der Waals surface area (Å²) in [6, 6.07) is 8.04. The summed E-state index contributed by atoms with van der Waals surface area (Å²) >= 11 is 13.0. The zero-order valence-electron chi connectivity index (χ0n) is 14.5. The number of allylic oxidation sites excluding steroid dienone is 1. The van der Waals surface area contributed by atoms with E-state index in [1.807, 2.05) is 43.3 Å². The van der Waals surface area contributed by atoms with Gasteiger partial charge in [-0.1, -0.05) is 78.2 Å². The molecule has 2 aromatic heterocycles. The highest BCUT2D eigenvalue weighted by molar-refractivity contribution is 7.15. The molecule has 0 amide bonds. The topological polar surface area (TPSA) is 47.3 Å². The van der Waals surface area contributed by atoms with Gasteiger partial charge in [-0.15, -0.1) is 5.10 Å². The first kappa shape index (κ1) is 17.7. The highest BCUT2D eigenvalue weighted by atomic mass is 35.5. The Kier molecular flexibility index (Phi) is 4.21. The van der Waals surface area contributed by atoms with E-state index in [2.05, 4.69) is 23.9 Å². The predicted molar refractivity (Wildman–Crippen MR) is 107 cm³/mol. The van der Waals surface area contributed by atoms with Crippen molar-refractivity contribution in [1.82, 2.24) is 14.6 Å². The highest BCUT2D eigenvalue weighted by Gasteiger charge is 2.59. The predicted octanol–water partition coefficient (Wildman–Crippen LogP) is 4.07. The Morgan fingerprint density at radius 2 is 1.96 bits per heavy atom. The number of rotatable bonds is 3. The van der Waals surface area contributed by atoms with Crippen LogP contribution in [0, 0.1) is 18.3 Å². The Hall–Kier alpha value is -1.69. The van der Waals surface area contributed by atoms with Crippen LogP contribution in [0.3, 0.4) is 0 Å². The molecule has 1 fully saturated rings. The average Bonchev–Trinajstić information content (AvgIpc) is 2.86. The number of aryl methyl sites for hydroxylation is 1. The number of halogens is 2. The fourth-order valence-corrected chi connectivity index (χ4v) is 4.60. The lowest BCUT2D eigenvalue weighted by molar-refractivity contribution is 0.585. The molecule has 0 aliphatic heterocycles. The van der Waals surface area contributed by atoms with Crippen molar-refractivity contribution >= 4 is 45.6 Å². The van der Waals surface area contributed by atoms with Gasteiger partial charge in [0.05, 0.1) is 4.53 Å². The molecule has 0 N–H and O–H groups in total. The second-order valence-corrected chi connectivity index (χ2v) is 9.29. The van der Waals surface area contributed by atoms with Crippen LogP contribution >= 0.6 is 34.5 Å². The van der Waals surface area contributed by atoms with Crippen LogP contribution in [-0.2, 0) is 0 Å². The Morgan fingerprint density at radius 1 is 1.27 bits per heavy atom. The summed E-state index contributed by atoms with van der Waals surface area (Å²) < 4.78 is 2.29. The fourth-order valence-electron chi connectivity index (χ4n) is 3.41. The number of hydrogen-bond acceptors (Lipinski definition) is 4. The summed E-state index contributed by atoms with van der Waals surface area (Å²) in [7, 11) is 0. The number of hydrogen-bond donors (Lipinski definition) is 0. The largest absolute Gasteiger partial charge is 0.291 e. The molecular formula is C19H17Cl2N3OS. The standard InChI is InChI=1S/C19H17Cl2N3OS/c1-10-4-6-11(7-5-10)8-13-17(25)24-18(26-13)22-16(23-24)15-12(9-14(20)21)19(15,2)3/h4-9,12,15H,1-3H3/b13-8+/t12-,15-/m1/s1. The SMILES string of the molecule is Cc1ccc(/C=c2/sc3nc([C@H]4[C@@H](C=C(Cl)Cl)C4(C)C)nn3c2=O)cc1. The van der Waals surface area contributed by atoms with Crippen LogP contribution < -0.4 is 10.1 Å². The second-order valence-electron chi connectivity index (χ2n) is 7.27. The molecule has 134 valence electrons. The average molecular weight is 406 g/mol. The third-order valence-corrected chi connectivity index (χ3v) is 6.28. The quantitative estimate of drug-likeness (QED) is 0.659. The lowest BCUT2D eigenvalue weighted by atomic mass is 10.1. The third kappa shape index (κ3) is 2.98. The molecule has 1 aromatic carbocycles. The van der Waals surface area contributed by atoms with Crippen molar-refractivity contribution in [2.45, 2.75) is 26.7 Å². The minimum atomic E-state index is -0.134.